The molecule has 0 spiro atoms. The van der Waals surface area contributed by atoms with E-state index in [1.54, 1.807) is 19.3 Å². The Morgan fingerprint density at radius 2 is 1.77 bits per heavy atom. The summed E-state index contributed by atoms with van der Waals surface area (Å²) < 4.78 is 21.9. The van der Waals surface area contributed by atoms with E-state index in [1.165, 1.54) is 10.6 Å². The molecule has 1 saturated heterocycles. The minimum atomic E-state index is -0.288. The molecule has 0 saturated carbocycles. The van der Waals surface area contributed by atoms with Crippen molar-refractivity contribution in [2.24, 2.45) is 7.05 Å². The second kappa shape index (κ2) is 12.6. The molecule has 0 radical (unpaired) electrons. The highest BCUT2D eigenvalue weighted by Crippen LogP contribution is 2.28. The maximum absolute atomic E-state index is 15.0. The molecule has 224 valence electrons. The summed E-state index contributed by atoms with van der Waals surface area (Å²) in [5.74, 6) is -0.488. The third-order valence-electron chi connectivity index (χ3n) is 8.00. The van der Waals surface area contributed by atoms with Gasteiger partial charge in [-0.25, -0.2) is 9.37 Å². The molecule has 43 heavy (non-hydrogen) atoms. The standard InChI is InChI=1S/C35H39FN4O3/c1-23-28(7-6-8-30(23)38-33(41)25-11-13-27(14-12-25)35(2,3)4)32-22-39(5)34(42)31(37-32)20-24-9-10-26(29(36)19-24)21-40-15-17-43-18-16-40/h6-14,19,22H,15-18,20-21H2,1-5H3,(H,38,41). The Balaban J connectivity index is 1.36. The fraction of sp³-hybridized carbons (Fsp3) is 0.343. The predicted molar refractivity (Wildman–Crippen MR) is 168 cm³/mol. The fourth-order valence-electron chi connectivity index (χ4n) is 5.30. The number of halogens is 1. The summed E-state index contributed by atoms with van der Waals surface area (Å²) in [6.07, 6.45) is 1.90. The predicted octanol–water partition coefficient (Wildman–Crippen LogP) is 5.87. The molecule has 7 nitrogen and oxygen atoms in total. The SMILES string of the molecule is Cc1c(NC(=O)c2ccc(C(C)(C)C)cc2)cccc1-c1cn(C)c(=O)c(Cc2ccc(CN3CCOCC3)c(F)c2)n1. The number of rotatable bonds is 7. The Morgan fingerprint density at radius 1 is 1.05 bits per heavy atom. The zero-order valence-corrected chi connectivity index (χ0v) is 25.5. The van der Waals surface area contributed by atoms with Gasteiger partial charge in [0.2, 0.25) is 0 Å². The molecule has 1 amide bonds. The molecule has 1 fully saturated rings. The number of benzene rings is 3. The van der Waals surface area contributed by atoms with E-state index in [-0.39, 0.29) is 29.1 Å². The number of hydrogen-bond donors (Lipinski definition) is 1. The number of amides is 1. The minimum absolute atomic E-state index is 0.00219. The lowest BCUT2D eigenvalue weighted by atomic mass is 9.86. The van der Waals surface area contributed by atoms with Crippen LogP contribution >= 0.6 is 0 Å². The Kier molecular flexibility index (Phi) is 8.89. The van der Waals surface area contributed by atoms with Crippen molar-refractivity contribution in [3.05, 3.63) is 117 Å². The van der Waals surface area contributed by atoms with Crippen LogP contribution in [0.25, 0.3) is 11.3 Å². The Morgan fingerprint density at radius 3 is 2.44 bits per heavy atom. The van der Waals surface area contributed by atoms with Gasteiger partial charge in [0.15, 0.2) is 0 Å². The van der Waals surface area contributed by atoms with Crippen molar-refractivity contribution in [1.29, 1.82) is 0 Å². The van der Waals surface area contributed by atoms with Gasteiger partial charge in [0, 0.05) is 61.7 Å². The smallest absolute Gasteiger partial charge is 0.272 e. The van der Waals surface area contributed by atoms with Crippen LogP contribution < -0.4 is 10.9 Å². The molecule has 0 bridgehead atoms. The Labute approximate surface area is 252 Å². The molecule has 5 rings (SSSR count). The van der Waals surface area contributed by atoms with Crippen LogP contribution in [0.5, 0.6) is 0 Å². The first kappa shape index (κ1) is 30.3. The van der Waals surface area contributed by atoms with Crippen molar-refractivity contribution in [3.8, 4) is 11.3 Å². The number of morpholine rings is 1. The Hall–Kier alpha value is -4.14. The van der Waals surface area contributed by atoms with E-state index in [4.69, 9.17) is 9.72 Å². The zero-order valence-electron chi connectivity index (χ0n) is 25.5. The van der Waals surface area contributed by atoms with Crippen LogP contribution in [0.2, 0.25) is 0 Å². The van der Waals surface area contributed by atoms with Gasteiger partial charge in [-0.3, -0.25) is 14.5 Å². The second-order valence-corrected chi connectivity index (χ2v) is 12.2. The summed E-state index contributed by atoms with van der Waals surface area (Å²) in [5.41, 5.74) is 6.02. The number of aromatic nitrogens is 2. The molecule has 4 aromatic rings. The molecule has 3 aromatic carbocycles. The maximum atomic E-state index is 15.0. The number of nitrogens with one attached hydrogen (secondary N) is 1. The van der Waals surface area contributed by atoms with Crippen molar-refractivity contribution in [2.45, 2.75) is 46.1 Å². The molecule has 1 aliphatic heterocycles. The van der Waals surface area contributed by atoms with E-state index >= 15 is 4.39 Å². The van der Waals surface area contributed by atoms with Crippen molar-refractivity contribution >= 4 is 11.6 Å². The summed E-state index contributed by atoms with van der Waals surface area (Å²) >= 11 is 0. The number of ether oxygens (including phenoxy) is 1. The van der Waals surface area contributed by atoms with Gasteiger partial charge in [0.1, 0.15) is 11.5 Å². The molecule has 1 aliphatic rings. The summed E-state index contributed by atoms with van der Waals surface area (Å²) in [7, 11) is 1.69. The quantitative estimate of drug-likeness (QED) is 0.295. The largest absolute Gasteiger partial charge is 0.379 e. The fourth-order valence-corrected chi connectivity index (χ4v) is 5.30. The summed E-state index contributed by atoms with van der Waals surface area (Å²) in [6, 6.07) is 18.4. The molecular weight excluding hydrogens is 543 g/mol. The highest BCUT2D eigenvalue weighted by molar-refractivity contribution is 6.05. The monoisotopic (exact) mass is 582 g/mol. The normalized spacial score (nSPS) is 14.1. The first-order chi connectivity index (χ1) is 20.5. The zero-order chi connectivity index (χ0) is 30.7. The average Bonchev–Trinajstić information content (AvgIpc) is 2.98. The highest BCUT2D eigenvalue weighted by Gasteiger charge is 2.18. The van der Waals surface area contributed by atoms with E-state index < -0.39 is 0 Å². The first-order valence-electron chi connectivity index (χ1n) is 14.7. The molecule has 1 N–H and O–H groups in total. The van der Waals surface area contributed by atoms with Gasteiger partial charge in [-0.2, -0.15) is 0 Å². The molecular formula is C35H39FN4O3. The van der Waals surface area contributed by atoms with Crippen molar-refractivity contribution in [2.75, 3.05) is 31.6 Å². The summed E-state index contributed by atoms with van der Waals surface area (Å²) in [4.78, 5) is 33.0. The lowest BCUT2D eigenvalue weighted by molar-refractivity contribution is 0.0337. The van der Waals surface area contributed by atoms with Gasteiger partial charge >= 0.3 is 0 Å². The van der Waals surface area contributed by atoms with E-state index in [0.717, 1.165) is 29.8 Å². The van der Waals surface area contributed by atoms with Crippen LogP contribution in [0, 0.1) is 12.7 Å². The van der Waals surface area contributed by atoms with Gasteiger partial charge in [0.25, 0.3) is 11.5 Å². The van der Waals surface area contributed by atoms with E-state index in [9.17, 15) is 9.59 Å². The number of hydrogen-bond acceptors (Lipinski definition) is 5. The topological polar surface area (TPSA) is 76.5 Å². The molecule has 0 unspecified atom stereocenters. The van der Waals surface area contributed by atoms with Gasteiger partial charge in [-0.1, -0.05) is 57.2 Å². The highest BCUT2D eigenvalue weighted by atomic mass is 19.1. The molecule has 2 heterocycles. The summed E-state index contributed by atoms with van der Waals surface area (Å²) in [6.45, 7) is 11.7. The molecule has 1 aromatic heterocycles. The third kappa shape index (κ3) is 7.09. The van der Waals surface area contributed by atoms with E-state index in [2.05, 4.69) is 31.0 Å². The van der Waals surface area contributed by atoms with Gasteiger partial charge < -0.3 is 14.6 Å². The van der Waals surface area contributed by atoms with Crippen LogP contribution in [-0.2, 0) is 30.2 Å². The lowest BCUT2D eigenvalue weighted by Gasteiger charge is -2.26. The molecule has 8 heteroatoms. The van der Waals surface area contributed by atoms with Crippen molar-refractivity contribution < 1.29 is 13.9 Å². The lowest BCUT2D eigenvalue weighted by Crippen LogP contribution is -2.35. The van der Waals surface area contributed by atoms with Crippen LogP contribution in [0.1, 0.15) is 59.1 Å². The molecule has 0 atom stereocenters. The van der Waals surface area contributed by atoms with Gasteiger partial charge in [-0.15, -0.1) is 0 Å². The van der Waals surface area contributed by atoms with E-state index in [1.807, 2.05) is 55.5 Å². The minimum Gasteiger partial charge on any atom is -0.379 e. The number of carbonyl (C=O) groups excluding carboxylic acids is 1. The van der Waals surface area contributed by atoms with E-state index in [0.29, 0.717) is 53.5 Å². The van der Waals surface area contributed by atoms with Crippen molar-refractivity contribution in [3.63, 3.8) is 0 Å². The first-order valence-corrected chi connectivity index (χ1v) is 14.7. The molecule has 0 aliphatic carbocycles. The average molecular weight is 583 g/mol. The van der Waals surface area contributed by atoms with Crippen LogP contribution in [0.15, 0.2) is 71.7 Å². The van der Waals surface area contributed by atoms with Crippen LogP contribution in [-0.4, -0.2) is 46.7 Å². The van der Waals surface area contributed by atoms with Crippen LogP contribution in [0.4, 0.5) is 10.1 Å². The number of nitrogens with zero attached hydrogens (tertiary/aromatic N) is 3. The van der Waals surface area contributed by atoms with Crippen LogP contribution in [0.3, 0.4) is 0 Å². The Bertz CT molecular complexity index is 1680. The third-order valence-corrected chi connectivity index (χ3v) is 8.00. The van der Waals surface area contributed by atoms with Gasteiger partial charge in [-0.05, 0) is 53.3 Å². The van der Waals surface area contributed by atoms with Gasteiger partial charge in [0.05, 0.1) is 18.9 Å². The number of carbonyl (C=O) groups is 1. The number of anilines is 1. The second-order valence-electron chi connectivity index (χ2n) is 12.2. The maximum Gasteiger partial charge on any atom is 0.272 e. The summed E-state index contributed by atoms with van der Waals surface area (Å²) in [5, 5.41) is 3.03. The van der Waals surface area contributed by atoms with Crippen molar-refractivity contribution in [1.82, 2.24) is 14.5 Å². The number of aryl methyl sites for hydroxylation is 1.